The van der Waals surface area contributed by atoms with E-state index in [4.69, 9.17) is 37.0 Å². The van der Waals surface area contributed by atoms with Gasteiger partial charge in [-0.2, -0.15) is 0 Å². The third kappa shape index (κ3) is 71.1. The number of esters is 4. The van der Waals surface area contributed by atoms with Gasteiger partial charge in [-0.05, 0) is 37.5 Å². The van der Waals surface area contributed by atoms with Crippen LogP contribution in [0, 0.1) is 11.8 Å². The molecule has 0 amide bonds. The van der Waals surface area contributed by atoms with Gasteiger partial charge in [-0.25, -0.2) is 9.13 Å². The Balaban J connectivity index is 5.13. The molecule has 0 rings (SSSR count). The second-order valence-corrected chi connectivity index (χ2v) is 32.1. The molecule has 0 aliphatic rings. The summed E-state index contributed by atoms with van der Waals surface area (Å²) in [5.74, 6) is -0.462. The van der Waals surface area contributed by atoms with Crippen molar-refractivity contribution >= 4 is 39.5 Å². The first-order chi connectivity index (χ1) is 47.4. The van der Waals surface area contributed by atoms with Crippen LogP contribution >= 0.6 is 15.6 Å². The standard InChI is InChI=1S/C79H154O17P2/c1-7-10-12-14-15-16-17-18-19-23-30-35-40-45-51-57-63-78(83)95-74(67-89-76(81)61-55-47-13-11-8-2)69-93-97(85,86)91-65-73(80)66-92-98(87,88)94-70-75(68-90-77(82)62-56-50-44-39-34-29-26-25-28-33-38-43-49-54-60-72(6)9-3)96-79(84)64-58-52-46-41-36-31-24-21-20-22-27-32-37-42-48-53-59-71(4)5/h71-75,80H,7-70H2,1-6H3,(H,85,86)(H,87,88)/t72?,73-,74+,75+/m0/s1. The summed E-state index contributed by atoms with van der Waals surface area (Å²) in [5, 5.41) is 10.6. The molecule has 0 heterocycles. The van der Waals surface area contributed by atoms with Gasteiger partial charge in [0.2, 0.25) is 0 Å². The predicted octanol–water partition coefficient (Wildman–Crippen LogP) is 23.5. The molecule has 0 fully saturated rings. The van der Waals surface area contributed by atoms with Crippen molar-refractivity contribution in [2.24, 2.45) is 11.8 Å². The fraction of sp³-hybridized carbons (Fsp3) is 0.949. The van der Waals surface area contributed by atoms with E-state index in [9.17, 15) is 43.2 Å². The number of hydrogen-bond donors (Lipinski definition) is 3. The third-order valence-corrected chi connectivity index (χ3v) is 20.7. The lowest BCUT2D eigenvalue weighted by atomic mass is 9.99. The summed E-state index contributed by atoms with van der Waals surface area (Å²) < 4.78 is 68.4. The van der Waals surface area contributed by atoms with E-state index < -0.39 is 97.5 Å². The van der Waals surface area contributed by atoms with Crippen LogP contribution in [-0.4, -0.2) is 96.7 Å². The Kier molecular flexibility index (Phi) is 69.3. The Labute approximate surface area is 600 Å². The van der Waals surface area contributed by atoms with Gasteiger partial charge in [-0.15, -0.1) is 0 Å². The average molecular weight is 1440 g/mol. The molecule has 0 aromatic rings. The zero-order valence-electron chi connectivity index (χ0n) is 64.1. The van der Waals surface area contributed by atoms with Gasteiger partial charge in [-0.3, -0.25) is 37.3 Å². The van der Waals surface area contributed by atoms with Crippen LogP contribution in [0.4, 0.5) is 0 Å². The van der Waals surface area contributed by atoms with Crippen LogP contribution in [-0.2, 0) is 65.4 Å². The summed E-state index contributed by atoms with van der Waals surface area (Å²) in [5.41, 5.74) is 0. The van der Waals surface area contributed by atoms with Gasteiger partial charge >= 0.3 is 39.5 Å². The van der Waals surface area contributed by atoms with E-state index in [1.165, 1.54) is 225 Å². The van der Waals surface area contributed by atoms with Gasteiger partial charge in [0.15, 0.2) is 12.2 Å². The maximum Gasteiger partial charge on any atom is 0.472 e. The van der Waals surface area contributed by atoms with Crippen LogP contribution in [0.1, 0.15) is 414 Å². The number of phosphoric acid groups is 2. The second-order valence-electron chi connectivity index (χ2n) is 29.2. The second kappa shape index (κ2) is 70.7. The van der Waals surface area contributed by atoms with E-state index >= 15 is 0 Å². The number of ether oxygens (including phenoxy) is 4. The molecule has 0 aromatic heterocycles. The van der Waals surface area contributed by atoms with Crippen LogP contribution in [0.3, 0.4) is 0 Å². The number of aliphatic hydroxyl groups is 1. The van der Waals surface area contributed by atoms with Crippen molar-refractivity contribution in [1.82, 2.24) is 0 Å². The summed E-state index contributed by atoms with van der Waals surface area (Å²) >= 11 is 0. The highest BCUT2D eigenvalue weighted by Crippen LogP contribution is 2.45. The fourth-order valence-corrected chi connectivity index (χ4v) is 13.7. The molecule has 3 N–H and O–H groups in total. The van der Waals surface area contributed by atoms with Crippen LogP contribution < -0.4 is 0 Å². The van der Waals surface area contributed by atoms with Crippen LogP contribution in [0.5, 0.6) is 0 Å². The van der Waals surface area contributed by atoms with E-state index in [-0.39, 0.29) is 25.7 Å². The minimum atomic E-state index is -4.96. The molecule has 0 radical (unpaired) electrons. The number of hydrogen-bond acceptors (Lipinski definition) is 15. The molecule has 0 bridgehead atoms. The highest BCUT2D eigenvalue weighted by molar-refractivity contribution is 7.47. The Bertz CT molecular complexity index is 1890. The topological polar surface area (TPSA) is 237 Å². The first kappa shape index (κ1) is 96.1. The Hall–Kier alpha value is -1.94. The smallest absolute Gasteiger partial charge is 0.462 e. The Morgan fingerprint density at radius 2 is 0.520 bits per heavy atom. The van der Waals surface area contributed by atoms with Crippen molar-refractivity contribution in [3.05, 3.63) is 0 Å². The van der Waals surface area contributed by atoms with E-state index in [0.29, 0.717) is 25.7 Å². The minimum Gasteiger partial charge on any atom is -0.462 e. The van der Waals surface area contributed by atoms with Crippen molar-refractivity contribution in [1.29, 1.82) is 0 Å². The summed E-state index contributed by atoms with van der Waals surface area (Å²) in [6, 6.07) is 0. The van der Waals surface area contributed by atoms with Crippen LogP contribution in [0.2, 0.25) is 0 Å². The molecule has 0 spiro atoms. The molecule has 0 aliphatic heterocycles. The summed E-state index contributed by atoms with van der Waals surface area (Å²) in [7, 11) is -9.91. The maximum atomic E-state index is 13.1. The molecule has 0 aliphatic carbocycles. The fourth-order valence-electron chi connectivity index (χ4n) is 12.2. The lowest BCUT2D eigenvalue weighted by Gasteiger charge is -2.21. The quantitative estimate of drug-likeness (QED) is 0.0222. The number of carbonyl (C=O) groups is 4. The van der Waals surface area contributed by atoms with Crippen molar-refractivity contribution in [2.75, 3.05) is 39.6 Å². The van der Waals surface area contributed by atoms with Crippen molar-refractivity contribution in [2.45, 2.75) is 432 Å². The molecule has 3 unspecified atom stereocenters. The predicted molar refractivity (Wildman–Crippen MR) is 400 cm³/mol. The molecule has 6 atom stereocenters. The normalized spacial score (nSPS) is 14.2. The SMILES string of the molecule is CCCCCCCCCCCCCCCCCCC(=O)O[C@H](COC(=O)CCCCCCC)COP(=O)(O)OC[C@H](O)COP(=O)(O)OC[C@@H](COC(=O)CCCCCCCCCCCCCCCCC(C)CC)OC(=O)CCCCCCCCCCCCCCCCCCC(C)C. The molecule has 582 valence electrons. The van der Waals surface area contributed by atoms with Gasteiger partial charge in [0.05, 0.1) is 26.4 Å². The molecule has 17 nitrogen and oxygen atoms in total. The van der Waals surface area contributed by atoms with E-state index in [1.807, 2.05) is 0 Å². The lowest BCUT2D eigenvalue weighted by molar-refractivity contribution is -0.161. The van der Waals surface area contributed by atoms with E-state index in [0.717, 1.165) is 108 Å². The molecular formula is C79H154O17P2. The minimum absolute atomic E-state index is 0.107. The highest BCUT2D eigenvalue weighted by Gasteiger charge is 2.30. The number of phosphoric ester groups is 2. The van der Waals surface area contributed by atoms with E-state index in [1.54, 1.807) is 0 Å². The molecule has 0 saturated heterocycles. The summed E-state index contributed by atoms with van der Waals surface area (Å²) in [4.78, 5) is 72.7. The van der Waals surface area contributed by atoms with Gasteiger partial charge in [0, 0.05) is 25.7 Å². The largest absolute Gasteiger partial charge is 0.472 e. The maximum absolute atomic E-state index is 13.1. The van der Waals surface area contributed by atoms with Crippen molar-refractivity contribution < 1.29 is 80.2 Å². The Morgan fingerprint density at radius 3 is 0.776 bits per heavy atom. The summed E-state index contributed by atoms with van der Waals surface area (Å²) in [6.07, 6.45) is 60.0. The van der Waals surface area contributed by atoms with Gasteiger partial charge < -0.3 is 33.8 Å². The van der Waals surface area contributed by atoms with Gasteiger partial charge in [0.1, 0.15) is 19.3 Å². The molecule has 0 aromatic carbocycles. The average Bonchev–Trinajstić information content (AvgIpc) is 0.997. The monoisotopic (exact) mass is 1440 g/mol. The lowest BCUT2D eigenvalue weighted by Crippen LogP contribution is -2.30. The molecule has 0 saturated carbocycles. The van der Waals surface area contributed by atoms with E-state index in [2.05, 4.69) is 41.5 Å². The zero-order chi connectivity index (χ0) is 72.1. The third-order valence-electron chi connectivity index (χ3n) is 18.8. The van der Waals surface area contributed by atoms with Gasteiger partial charge in [-0.1, -0.05) is 363 Å². The van der Waals surface area contributed by atoms with Crippen LogP contribution in [0.25, 0.3) is 0 Å². The number of carbonyl (C=O) groups excluding carboxylic acids is 4. The first-order valence-corrected chi connectivity index (χ1v) is 44.0. The molecule has 98 heavy (non-hydrogen) atoms. The highest BCUT2D eigenvalue weighted by atomic mass is 31.2. The first-order valence-electron chi connectivity index (χ1n) is 41.0. The number of aliphatic hydroxyl groups excluding tert-OH is 1. The number of rotatable bonds is 78. The number of unbranched alkanes of at least 4 members (excludes halogenated alkanes) is 47. The summed E-state index contributed by atoms with van der Waals surface area (Å²) in [6.45, 7) is 9.62. The molecular weight excluding hydrogens is 1280 g/mol. The molecule has 19 heteroatoms. The van der Waals surface area contributed by atoms with Gasteiger partial charge in [0.25, 0.3) is 0 Å². The zero-order valence-corrected chi connectivity index (χ0v) is 65.9. The Morgan fingerprint density at radius 1 is 0.296 bits per heavy atom. The van der Waals surface area contributed by atoms with Crippen molar-refractivity contribution in [3.8, 4) is 0 Å². The van der Waals surface area contributed by atoms with Crippen LogP contribution in [0.15, 0.2) is 0 Å². The van der Waals surface area contributed by atoms with Crippen molar-refractivity contribution in [3.63, 3.8) is 0 Å².